The lowest BCUT2D eigenvalue weighted by Gasteiger charge is -2.40. The fraction of sp³-hybridized carbons (Fsp3) is 0.455. The molecule has 0 unspecified atom stereocenters. The van der Waals surface area contributed by atoms with Crippen molar-refractivity contribution in [1.82, 2.24) is 4.90 Å². The lowest BCUT2D eigenvalue weighted by Crippen LogP contribution is -2.35. The number of hydrogen-bond acceptors (Lipinski definition) is 5. The molecule has 1 aliphatic carbocycles. The molecule has 27 heavy (non-hydrogen) atoms. The molecule has 0 spiro atoms. The molecule has 5 nitrogen and oxygen atoms in total. The topological polar surface area (TPSA) is 51.2 Å². The highest BCUT2D eigenvalue weighted by Gasteiger charge is 2.36. The molecule has 1 heterocycles. The average molecular weight is 369 g/mol. The normalized spacial score (nSPS) is 18.1. The predicted octanol–water partition coefficient (Wildman–Crippen LogP) is 3.95. The van der Waals surface area contributed by atoms with Gasteiger partial charge in [-0.1, -0.05) is 0 Å². The lowest BCUT2D eigenvalue weighted by molar-refractivity contribution is 0.222. The predicted molar refractivity (Wildman–Crippen MR) is 105 cm³/mol. The summed E-state index contributed by atoms with van der Waals surface area (Å²) in [6, 6.07) is 6.25. The standard InChI is InChI=1S/C22H27NO4/c1-12(2)27-19-10-14-8-16-20-13(6-7-23(16)3)9-17(24)22(26-5)21(20)15(14)11-18(19)25-4/h9-12,16,24H,6-8H2,1-5H3/t16-/m1/s1. The zero-order chi connectivity index (χ0) is 19.3. The van der Waals surface area contributed by atoms with Gasteiger partial charge in [0.15, 0.2) is 23.0 Å². The van der Waals surface area contributed by atoms with Gasteiger partial charge in [0.1, 0.15) is 0 Å². The minimum atomic E-state index is 0.0652. The first-order valence-electron chi connectivity index (χ1n) is 9.45. The monoisotopic (exact) mass is 369 g/mol. The molecule has 1 aliphatic heterocycles. The van der Waals surface area contributed by atoms with Crippen LogP contribution in [0, 0.1) is 0 Å². The Morgan fingerprint density at radius 3 is 2.52 bits per heavy atom. The van der Waals surface area contributed by atoms with Crippen LogP contribution in [0.1, 0.15) is 36.6 Å². The van der Waals surface area contributed by atoms with E-state index in [0.29, 0.717) is 11.5 Å². The van der Waals surface area contributed by atoms with Crippen LogP contribution in [0.15, 0.2) is 18.2 Å². The molecule has 2 aromatic rings. The number of fused-ring (bicyclic) bond motifs is 2. The fourth-order valence-electron chi connectivity index (χ4n) is 4.43. The van der Waals surface area contributed by atoms with Crippen molar-refractivity contribution < 1.29 is 19.3 Å². The van der Waals surface area contributed by atoms with Gasteiger partial charge in [-0.05, 0) is 74.2 Å². The number of benzene rings is 2. The highest BCUT2D eigenvalue weighted by Crippen LogP contribution is 2.53. The van der Waals surface area contributed by atoms with Crippen LogP contribution in [0.4, 0.5) is 0 Å². The molecule has 2 aromatic carbocycles. The van der Waals surface area contributed by atoms with Crippen LogP contribution in [0.2, 0.25) is 0 Å². The third kappa shape index (κ3) is 2.81. The largest absolute Gasteiger partial charge is 0.504 e. The van der Waals surface area contributed by atoms with Crippen LogP contribution in [0.25, 0.3) is 11.1 Å². The van der Waals surface area contributed by atoms with Gasteiger partial charge in [0.2, 0.25) is 0 Å². The second-order valence-electron chi connectivity index (χ2n) is 7.65. The number of nitrogens with zero attached hydrogens (tertiary/aromatic N) is 1. The Hall–Kier alpha value is -2.40. The molecule has 0 fully saturated rings. The van der Waals surface area contributed by atoms with Crippen LogP contribution < -0.4 is 14.2 Å². The zero-order valence-corrected chi connectivity index (χ0v) is 16.6. The van der Waals surface area contributed by atoms with E-state index in [-0.39, 0.29) is 17.9 Å². The van der Waals surface area contributed by atoms with E-state index in [9.17, 15) is 5.11 Å². The minimum absolute atomic E-state index is 0.0652. The number of likely N-dealkylation sites (N-methyl/N-ethyl adjacent to an activating group) is 1. The molecule has 0 amide bonds. The molecule has 5 heteroatoms. The van der Waals surface area contributed by atoms with E-state index in [2.05, 4.69) is 18.0 Å². The Balaban J connectivity index is 2.00. The van der Waals surface area contributed by atoms with E-state index in [4.69, 9.17) is 14.2 Å². The van der Waals surface area contributed by atoms with E-state index in [1.54, 1.807) is 14.2 Å². The molecule has 1 atom stereocenters. The van der Waals surface area contributed by atoms with Crippen LogP contribution >= 0.6 is 0 Å². The molecule has 1 N–H and O–H groups in total. The second kappa shape index (κ2) is 6.64. The molecule has 0 saturated heterocycles. The summed E-state index contributed by atoms with van der Waals surface area (Å²) in [6.45, 7) is 5.00. The summed E-state index contributed by atoms with van der Waals surface area (Å²) in [4.78, 5) is 2.39. The van der Waals surface area contributed by atoms with Gasteiger partial charge in [0.05, 0.1) is 20.3 Å². The molecule has 0 radical (unpaired) electrons. The summed E-state index contributed by atoms with van der Waals surface area (Å²) in [5.41, 5.74) is 5.70. The number of ether oxygens (including phenoxy) is 3. The molecule has 0 saturated carbocycles. The number of methoxy groups -OCH3 is 2. The quantitative estimate of drug-likeness (QED) is 0.884. The molecule has 0 bridgehead atoms. The number of aromatic hydroxyl groups is 1. The number of rotatable bonds is 4. The summed E-state index contributed by atoms with van der Waals surface area (Å²) in [5.74, 6) is 2.19. The molecular formula is C22H27NO4. The van der Waals surface area contributed by atoms with Gasteiger partial charge in [0, 0.05) is 18.2 Å². The average Bonchev–Trinajstić information content (AvgIpc) is 2.63. The first-order valence-corrected chi connectivity index (χ1v) is 9.45. The highest BCUT2D eigenvalue weighted by molar-refractivity contribution is 5.84. The van der Waals surface area contributed by atoms with Crippen LogP contribution in [-0.2, 0) is 12.8 Å². The lowest BCUT2D eigenvalue weighted by atomic mass is 9.76. The SMILES string of the molecule is COc1cc2c(cc1OC(C)C)C[C@@H]1c3c(cc(O)c(OC)c3-2)CCN1C. The van der Waals surface area contributed by atoms with Crippen molar-refractivity contribution in [2.24, 2.45) is 0 Å². The van der Waals surface area contributed by atoms with E-state index in [0.717, 1.165) is 36.3 Å². The van der Waals surface area contributed by atoms with Crippen molar-refractivity contribution in [3.63, 3.8) is 0 Å². The van der Waals surface area contributed by atoms with Gasteiger partial charge in [-0.3, -0.25) is 4.90 Å². The minimum Gasteiger partial charge on any atom is -0.504 e. The Labute approximate surface area is 160 Å². The highest BCUT2D eigenvalue weighted by atomic mass is 16.5. The van der Waals surface area contributed by atoms with Gasteiger partial charge in [0.25, 0.3) is 0 Å². The van der Waals surface area contributed by atoms with Crippen molar-refractivity contribution in [1.29, 1.82) is 0 Å². The Bertz CT molecular complexity index is 891. The summed E-state index contributed by atoms with van der Waals surface area (Å²) >= 11 is 0. The first kappa shape index (κ1) is 18.0. The third-order valence-electron chi connectivity index (χ3n) is 5.62. The summed E-state index contributed by atoms with van der Waals surface area (Å²) in [5, 5.41) is 10.6. The van der Waals surface area contributed by atoms with Crippen LogP contribution in [-0.4, -0.2) is 43.9 Å². The Morgan fingerprint density at radius 2 is 1.85 bits per heavy atom. The van der Waals surface area contributed by atoms with Crippen molar-refractivity contribution in [3.8, 4) is 34.1 Å². The molecule has 4 rings (SSSR count). The van der Waals surface area contributed by atoms with Crippen molar-refractivity contribution in [3.05, 3.63) is 34.9 Å². The fourth-order valence-corrected chi connectivity index (χ4v) is 4.43. The Morgan fingerprint density at radius 1 is 1.07 bits per heavy atom. The third-order valence-corrected chi connectivity index (χ3v) is 5.62. The van der Waals surface area contributed by atoms with Gasteiger partial charge < -0.3 is 19.3 Å². The van der Waals surface area contributed by atoms with E-state index < -0.39 is 0 Å². The smallest absolute Gasteiger partial charge is 0.168 e. The van der Waals surface area contributed by atoms with Gasteiger partial charge in [-0.25, -0.2) is 0 Å². The number of phenolic OH excluding ortho intramolecular Hbond substituents is 1. The maximum atomic E-state index is 10.6. The van der Waals surface area contributed by atoms with E-state index >= 15 is 0 Å². The maximum Gasteiger partial charge on any atom is 0.168 e. The molecule has 2 aliphatic rings. The Kier molecular flexibility index (Phi) is 4.42. The van der Waals surface area contributed by atoms with Crippen LogP contribution in [0.5, 0.6) is 23.0 Å². The van der Waals surface area contributed by atoms with Crippen molar-refractivity contribution in [2.75, 3.05) is 27.8 Å². The second-order valence-corrected chi connectivity index (χ2v) is 7.65. The van der Waals surface area contributed by atoms with E-state index in [1.165, 1.54) is 16.7 Å². The van der Waals surface area contributed by atoms with Gasteiger partial charge >= 0.3 is 0 Å². The van der Waals surface area contributed by atoms with E-state index in [1.807, 2.05) is 26.0 Å². The molecule has 144 valence electrons. The van der Waals surface area contributed by atoms with Crippen molar-refractivity contribution in [2.45, 2.75) is 38.8 Å². The summed E-state index contributed by atoms with van der Waals surface area (Å²) in [7, 11) is 5.43. The summed E-state index contributed by atoms with van der Waals surface area (Å²) < 4.78 is 17.2. The maximum absolute atomic E-state index is 10.6. The van der Waals surface area contributed by atoms with Gasteiger partial charge in [-0.2, -0.15) is 0 Å². The van der Waals surface area contributed by atoms with Crippen molar-refractivity contribution >= 4 is 0 Å². The molecular weight excluding hydrogens is 342 g/mol. The number of hydrogen-bond donors (Lipinski definition) is 1. The first-order chi connectivity index (χ1) is 12.9. The summed E-state index contributed by atoms with van der Waals surface area (Å²) in [6.07, 6.45) is 1.89. The van der Waals surface area contributed by atoms with Crippen LogP contribution in [0.3, 0.4) is 0 Å². The number of phenols is 1. The molecule has 0 aromatic heterocycles. The zero-order valence-electron chi connectivity index (χ0n) is 16.6. The van der Waals surface area contributed by atoms with Gasteiger partial charge in [-0.15, -0.1) is 0 Å².